The van der Waals surface area contributed by atoms with E-state index in [1.165, 1.54) is 0 Å². The van der Waals surface area contributed by atoms with Crippen LogP contribution in [0, 0.1) is 6.92 Å². The number of methoxy groups -OCH3 is 1. The summed E-state index contributed by atoms with van der Waals surface area (Å²) in [5.41, 5.74) is 8.41. The van der Waals surface area contributed by atoms with Gasteiger partial charge in [-0.15, -0.1) is 0 Å². The monoisotopic (exact) mass is 678 g/mol. The molecule has 0 bridgehead atoms. The van der Waals surface area contributed by atoms with Crippen LogP contribution in [0.2, 0.25) is 5.02 Å². The molecule has 0 radical (unpaired) electrons. The quantitative estimate of drug-likeness (QED) is 0.214. The number of aliphatic hydroxyl groups excluding tert-OH is 1. The fourth-order valence-electron chi connectivity index (χ4n) is 6.94. The summed E-state index contributed by atoms with van der Waals surface area (Å²) >= 11 is 7.13. The number of amides is 1. The molecule has 5 heterocycles. The van der Waals surface area contributed by atoms with Gasteiger partial charge in [0, 0.05) is 74.3 Å². The summed E-state index contributed by atoms with van der Waals surface area (Å²) in [6.45, 7) is 5.15. The smallest absolute Gasteiger partial charge is 0.262 e. The molecule has 2 aliphatic heterocycles. The molecule has 2 N–H and O–H groups in total. The van der Waals surface area contributed by atoms with Crippen molar-refractivity contribution < 1.29 is 14.6 Å². The number of carbonyl (C=O) groups excluding carboxylic acids is 1. The van der Waals surface area contributed by atoms with E-state index < -0.39 is 0 Å². The predicted molar refractivity (Wildman–Crippen MR) is 191 cm³/mol. The van der Waals surface area contributed by atoms with E-state index in [2.05, 4.69) is 34.3 Å². The Morgan fingerprint density at radius 2 is 1.78 bits per heavy atom. The number of benzene rings is 2. The Balaban J connectivity index is 1.15. The second kappa shape index (κ2) is 13.7. The van der Waals surface area contributed by atoms with Gasteiger partial charge in [-0.2, -0.15) is 0 Å². The van der Waals surface area contributed by atoms with E-state index in [0.717, 1.165) is 45.4 Å². The summed E-state index contributed by atoms with van der Waals surface area (Å²) in [4.78, 5) is 38.7. The Kier molecular flexibility index (Phi) is 9.21. The van der Waals surface area contributed by atoms with Crippen LogP contribution in [0.1, 0.15) is 29.5 Å². The summed E-state index contributed by atoms with van der Waals surface area (Å²) in [5, 5.41) is 13.2. The highest BCUT2D eigenvalue weighted by molar-refractivity contribution is 6.36. The van der Waals surface area contributed by atoms with Crippen molar-refractivity contribution in [2.75, 3.05) is 33.8 Å². The van der Waals surface area contributed by atoms with Crippen molar-refractivity contribution in [1.29, 1.82) is 0 Å². The molecule has 1 amide bonds. The number of hydrogen-bond donors (Lipinski definition) is 2. The molecule has 49 heavy (non-hydrogen) atoms. The zero-order valence-corrected chi connectivity index (χ0v) is 28.6. The van der Waals surface area contributed by atoms with E-state index in [1.807, 2.05) is 60.5 Å². The van der Waals surface area contributed by atoms with Gasteiger partial charge in [-0.1, -0.05) is 54.1 Å². The lowest BCUT2D eigenvalue weighted by Crippen LogP contribution is -2.49. The minimum atomic E-state index is -0.268. The first-order chi connectivity index (χ1) is 23.7. The molecular formula is C38H39ClN6O4. The fourth-order valence-corrected chi connectivity index (χ4v) is 7.27. The first kappa shape index (κ1) is 32.9. The average Bonchev–Trinajstić information content (AvgIpc) is 3.49. The number of aromatic nitrogens is 3. The number of nitrogens with one attached hydrogen (secondary N) is 1. The number of halogens is 1. The van der Waals surface area contributed by atoms with Crippen molar-refractivity contribution in [3.63, 3.8) is 0 Å². The third-order valence-corrected chi connectivity index (χ3v) is 9.92. The van der Waals surface area contributed by atoms with E-state index in [1.54, 1.807) is 23.9 Å². The van der Waals surface area contributed by atoms with Crippen molar-refractivity contribution in [3.8, 4) is 39.4 Å². The van der Waals surface area contributed by atoms with Gasteiger partial charge in [0.05, 0.1) is 29.5 Å². The number of aliphatic hydroxyl groups is 1. The number of hydrogen-bond acceptors (Lipinski definition) is 8. The first-order valence-corrected chi connectivity index (χ1v) is 16.9. The first-order valence-electron chi connectivity index (χ1n) is 16.5. The van der Waals surface area contributed by atoms with Crippen LogP contribution in [-0.4, -0.2) is 81.1 Å². The number of likely N-dealkylation sites (tertiary alicyclic amines) is 1. The van der Waals surface area contributed by atoms with Gasteiger partial charge in [-0.3, -0.25) is 23.8 Å². The molecule has 252 valence electrons. The van der Waals surface area contributed by atoms with E-state index in [9.17, 15) is 14.7 Å². The SMILES string of the molecule is COc1nc(-c2cccc(-c3cccc(-c4ccn5c(=O)c(CN(C)CC6CCC(=O)N6)cnc5c4)c3C)c2Cl)ccc1CN1CC(O)C1. The van der Waals surface area contributed by atoms with E-state index in [4.69, 9.17) is 21.3 Å². The number of ether oxygens (including phenoxy) is 1. The number of nitrogens with zero attached hydrogens (tertiary/aromatic N) is 5. The summed E-state index contributed by atoms with van der Waals surface area (Å²) in [6.07, 6.45) is 4.54. The van der Waals surface area contributed by atoms with Gasteiger partial charge >= 0.3 is 0 Å². The van der Waals surface area contributed by atoms with Crippen LogP contribution in [0.4, 0.5) is 0 Å². The molecule has 0 saturated carbocycles. The molecule has 1 unspecified atom stereocenters. The number of rotatable bonds is 10. The molecule has 2 fully saturated rings. The minimum Gasteiger partial charge on any atom is -0.481 e. The van der Waals surface area contributed by atoms with Crippen molar-refractivity contribution >= 4 is 23.2 Å². The average molecular weight is 679 g/mol. The molecule has 3 aromatic heterocycles. The van der Waals surface area contributed by atoms with Crippen LogP contribution >= 0.6 is 11.6 Å². The molecule has 2 saturated heterocycles. The van der Waals surface area contributed by atoms with Gasteiger partial charge in [0.2, 0.25) is 11.8 Å². The Labute approximate surface area is 290 Å². The van der Waals surface area contributed by atoms with E-state index in [0.29, 0.717) is 67.0 Å². The van der Waals surface area contributed by atoms with Crippen molar-refractivity contribution in [2.45, 2.75) is 45.0 Å². The lowest BCUT2D eigenvalue weighted by Gasteiger charge is -2.35. The second-order valence-corrected chi connectivity index (χ2v) is 13.5. The topological polar surface area (TPSA) is 112 Å². The highest BCUT2D eigenvalue weighted by Crippen LogP contribution is 2.40. The predicted octanol–water partition coefficient (Wildman–Crippen LogP) is 4.95. The molecular weight excluding hydrogens is 640 g/mol. The second-order valence-electron chi connectivity index (χ2n) is 13.1. The molecule has 2 aliphatic rings. The standard InChI is InChI=1S/C38H39ClN6O4/c1-23-29(24-14-15-45-34(16-24)40-17-26(38(45)48)18-43(2)20-27-11-13-35(47)41-27)6-4-7-30(23)31-8-5-9-32(36(31)39)33-12-10-25(37(42-33)49-3)19-44-21-28(46)22-44/h4-10,12,14-17,27-28,46H,11,13,18-22H2,1-3H3,(H,41,47). The molecule has 0 aliphatic carbocycles. The Hall–Kier alpha value is -4.61. The molecule has 2 aromatic carbocycles. The van der Waals surface area contributed by atoms with Gasteiger partial charge in [0.15, 0.2) is 0 Å². The molecule has 0 spiro atoms. The van der Waals surface area contributed by atoms with Gasteiger partial charge in [-0.25, -0.2) is 9.97 Å². The van der Waals surface area contributed by atoms with Crippen molar-refractivity contribution in [3.05, 3.63) is 105 Å². The lowest BCUT2D eigenvalue weighted by molar-refractivity contribution is -0.119. The maximum Gasteiger partial charge on any atom is 0.262 e. The normalized spacial score (nSPS) is 16.7. The molecule has 5 aromatic rings. The van der Waals surface area contributed by atoms with Crippen LogP contribution < -0.4 is 15.6 Å². The van der Waals surface area contributed by atoms with Crippen molar-refractivity contribution in [2.24, 2.45) is 0 Å². The highest BCUT2D eigenvalue weighted by Gasteiger charge is 2.26. The van der Waals surface area contributed by atoms with Gasteiger partial charge in [-0.05, 0) is 60.8 Å². The number of carbonyl (C=O) groups is 1. The van der Waals surface area contributed by atoms with Crippen LogP contribution in [0.3, 0.4) is 0 Å². The van der Waals surface area contributed by atoms with E-state index in [-0.39, 0.29) is 23.6 Å². The van der Waals surface area contributed by atoms with E-state index >= 15 is 0 Å². The van der Waals surface area contributed by atoms with Gasteiger partial charge in [0.1, 0.15) is 5.65 Å². The highest BCUT2D eigenvalue weighted by atomic mass is 35.5. The number of β-amino-alcohol motifs (C(OH)–C–C–N with tert-alkyl or cyclic N) is 1. The third kappa shape index (κ3) is 6.69. The summed E-state index contributed by atoms with van der Waals surface area (Å²) in [5.74, 6) is 0.625. The lowest BCUT2D eigenvalue weighted by atomic mass is 9.92. The number of fused-ring (bicyclic) bond motifs is 1. The third-order valence-electron chi connectivity index (χ3n) is 9.51. The molecule has 11 heteroatoms. The molecule has 1 atom stereocenters. The van der Waals surface area contributed by atoms with Gasteiger partial charge < -0.3 is 15.2 Å². The van der Waals surface area contributed by atoms with Crippen molar-refractivity contribution in [1.82, 2.24) is 29.5 Å². The zero-order chi connectivity index (χ0) is 34.2. The zero-order valence-electron chi connectivity index (χ0n) is 27.8. The maximum absolute atomic E-state index is 13.4. The Morgan fingerprint density at radius 3 is 2.51 bits per heavy atom. The fraction of sp³-hybridized carbons (Fsp3) is 0.316. The summed E-state index contributed by atoms with van der Waals surface area (Å²) in [6, 6.07) is 20.1. The van der Waals surface area contributed by atoms with Crippen LogP contribution in [0.25, 0.3) is 39.2 Å². The maximum atomic E-state index is 13.4. The summed E-state index contributed by atoms with van der Waals surface area (Å²) < 4.78 is 7.23. The number of likely N-dealkylation sites (N-methyl/N-ethyl adjacent to an activating group) is 1. The van der Waals surface area contributed by atoms with Gasteiger partial charge in [0.25, 0.3) is 5.56 Å². The van der Waals surface area contributed by atoms with Crippen LogP contribution in [0.15, 0.2) is 77.9 Å². The van der Waals surface area contributed by atoms with Crippen LogP contribution in [0.5, 0.6) is 5.88 Å². The molecule has 10 nitrogen and oxygen atoms in total. The Morgan fingerprint density at radius 1 is 1.02 bits per heavy atom. The minimum absolute atomic E-state index is 0.0831. The largest absolute Gasteiger partial charge is 0.481 e. The number of pyridine rings is 2. The summed E-state index contributed by atoms with van der Waals surface area (Å²) in [7, 11) is 3.57. The van der Waals surface area contributed by atoms with Crippen LogP contribution in [-0.2, 0) is 17.9 Å². The molecule has 7 rings (SSSR count). The Bertz CT molecular complexity index is 2110.